The summed E-state index contributed by atoms with van der Waals surface area (Å²) in [4.78, 5) is 15.8. The van der Waals surface area contributed by atoms with Gasteiger partial charge in [-0.3, -0.25) is 4.79 Å². The van der Waals surface area contributed by atoms with E-state index in [0.29, 0.717) is 36.2 Å². The Morgan fingerprint density at radius 2 is 1.83 bits per heavy atom. The molecule has 1 fully saturated rings. The highest BCUT2D eigenvalue weighted by Crippen LogP contribution is 2.36. The molecule has 4 rings (SSSR count). The van der Waals surface area contributed by atoms with Gasteiger partial charge >= 0.3 is 0 Å². The second-order valence-electron chi connectivity index (χ2n) is 8.52. The lowest BCUT2D eigenvalue weighted by Crippen LogP contribution is -2.30. The van der Waals surface area contributed by atoms with Crippen LogP contribution in [0.1, 0.15) is 22.5 Å². The highest BCUT2D eigenvalue weighted by Gasteiger charge is 2.34. The monoisotopic (exact) mass is 524 g/mol. The average Bonchev–Trinajstić information content (AvgIpc) is 3.28. The third-order valence-corrected chi connectivity index (χ3v) is 7.88. The lowest BCUT2D eigenvalue weighted by atomic mass is 9.98. The van der Waals surface area contributed by atoms with Gasteiger partial charge in [0.05, 0.1) is 10.5 Å². The van der Waals surface area contributed by atoms with Gasteiger partial charge in [-0.25, -0.2) is 31.0 Å². The van der Waals surface area contributed by atoms with Crippen molar-refractivity contribution in [2.75, 3.05) is 33.2 Å². The normalized spacial score (nSPS) is 16.6. The smallest absolute Gasteiger partial charge is 0.269 e. The minimum Gasteiger partial charge on any atom is -0.349 e. The molecule has 0 bridgehead atoms. The Kier molecular flexibility index (Phi) is 7.30. The summed E-state index contributed by atoms with van der Waals surface area (Å²) in [6, 6.07) is 5.34. The number of halogens is 4. The molecule has 0 radical (unpaired) electrons. The minimum atomic E-state index is -4.34. The molecule has 12 heteroatoms. The van der Waals surface area contributed by atoms with E-state index in [1.54, 1.807) is 14.0 Å². The second-order valence-corrected chi connectivity index (χ2v) is 10.5. The zero-order valence-electron chi connectivity index (χ0n) is 19.5. The third kappa shape index (κ3) is 4.80. The molecule has 1 aromatic heterocycles. The van der Waals surface area contributed by atoms with Gasteiger partial charge in [0, 0.05) is 37.1 Å². The lowest BCUT2D eigenvalue weighted by Gasteiger charge is -2.17. The van der Waals surface area contributed by atoms with Crippen molar-refractivity contribution in [1.82, 2.24) is 19.9 Å². The number of nitrogens with zero attached hydrogens (tertiary/aromatic N) is 2. The molecule has 3 aromatic rings. The number of likely N-dealkylation sites (N-methyl/N-ethyl adjacent to an activating group) is 1. The van der Waals surface area contributed by atoms with Gasteiger partial charge in [0.15, 0.2) is 5.82 Å². The fourth-order valence-electron chi connectivity index (χ4n) is 4.14. The first kappa shape index (κ1) is 26.0. The van der Waals surface area contributed by atoms with Crippen molar-refractivity contribution < 1.29 is 30.8 Å². The van der Waals surface area contributed by atoms with Gasteiger partial charge < -0.3 is 10.6 Å². The van der Waals surface area contributed by atoms with Crippen molar-refractivity contribution in [3.05, 3.63) is 59.0 Å². The van der Waals surface area contributed by atoms with Crippen LogP contribution >= 0.6 is 0 Å². The molecule has 2 N–H and O–H groups in total. The molecule has 7 nitrogen and oxygen atoms in total. The molecule has 0 aliphatic carbocycles. The van der Waals surface area contributed by atoms with Crippen molar-refractivity contribution in [3.63, 3.8) is 0 Å². The van der Waals surface area contributed by atoms with Crippen LogP contribution in [-0.4, -0.2) is 63.0 Å². The number of sulfonamides is 1. The molecule has 192 valence electrons. The van der Waals surface area contributed by atoms with E-state index >= 15 is 13.2 Å². The molecule has 0 saturated carbocycles. The van der Waals surface area contributed by atoms with E-state index < -0.39 is 62.1 Å². The van der Waals surface area contributed by atoms with Crippen LogP contribution in [0.2, 0.25) is 0 Å². The summed E-state index contributed by atoms with van der Waals surface area (Å²) in [7, 11) is -2.62. The SMILES string of the molecule is CNCCNC(=O)c1ccc2c(C)cc(-c3c(F)cc(S(=O)(=O)N4CC[C@H](F)C4)cc3F)c(F)c2n1. The maximum atomic E-state index is 15.6. The van der Waals surface area contributed by atoms with E-state index in [1.807, 2.05) is 0 Å². The second kappa shape index (κ2) is 10.1. The summed E-state index contributed by atoms with van der Waals surface area (Å²) in [5.74, 6) is -4.21. The Morgan fingerprint density at radius 3 is 2.44 bits per heavy atom. The Bertz CT molecular complexity index is 1430. The van der Waals surface area contributed by atoms with Crippen LogP contribution in [0.4, 0.5) is 17.6 Å². The molecule has 2 aromatic carbocycles. The van der Waals surface area contributed by atoms with Crippen molar-refractivity contribution in [1.29, 1.82) is 0 Å². The van der Waals surface area contributed by atoms with E-state index in [2.05, 4.69) is 15.6 Å². The average molecular weight is 525 g/mol. The third-order valence-electron chi connectivity index (χ3n) is 6.03. The molecule has 1 amide bonds. The number of pyridine rings is 1. The molecular weight excluding hydrogens is 500 g/mol. The summed E-state index contributed by atoms with van der Waals surface area (Å²) in [5.41, 5.74) is -1.13. The van der Waals surface area contributed by atoms with Crippen LogP contribution in [0.5, 0.6) is 0 Å². The minimum absolute atomic E-state index is 0.00758. The first-order valence-electron chi connectivity index (χ1n) is 11.2. The standard InChI is InChI=1S/C24H24F4N4O3S/c1-13-9-17(22(28)23-16(13)3-4-20(31-23)24(33)30-7-6-29-2)21-18(26)10-15(11-19(21)27)36(34,35)32-8-5-14(25)12-32/h3-4,9-11,14,29H,5-8,12H2,1-2H3,(H,30,33)/t14-/m0/s1. The van der Waals surface area contributed by atoms with E-state index in [1.165, 1.54) is 18.2 Å². The van der Waals surface area contributed by atoms with Crippen LogP contribution in [0.25, 0.3) is 22.0 Å². The van der Waals surface area contributed by atoms with Crippen LogP contribution in [0.15, 0.2) is 35.2 Å². The summed E-state index contributed by atoms with van der Waals surface area (Å²) < 4.78 is 85.6. The number of hydrogen-bond donors (Lipinski definition) is 2. The van der Waals surface area contributed by atoms with Crippen molar-refractivity contribution >= 4 is 26.8 Å². The molecule has 0 spiro atoms. The molecule has 2 heterocycles. The van der Waals surface area contributed by atoms with Gasteiger partial charge in [0.2, 0.25) is 10.0 Å². The number of nitrogens with one attached hydrogen (secondary N) is 2. The van der Waals surface area contributed by atoms with E-state index in [0.717, 1.165) is 4.31 Å². The fourth-order valence-corrected chi connectivity index (χ4v) is 5.65. The van der Waals surface area contributed by atoms with Gasteiger partial charge in [-0.05, 0) is 50.2 Å². The van der Waals surface area contributed by atoms with Crippen LogP contribution < -0.4 is 10.6 Å². The van der Waals surface area contributed by atoms with Gasteiger partial charge in [-0.2, -0.15) is 4.31 Å². The lowest BCUT2D eigenvalue weighted by molar-refractivity contribution is 0.0949. The summed E-state index contributed by atoms with van der Waals surface area (Å²) in [6.07, 6.45) is -1.36. The van der Waals surface area contributed by atoms with Crippen LogP contribution in [-0.2, 0) is 10.0 Å². The molecule has 1 aliphatic heterocycles. The Labute approximate surface area is 205 Å². The van der Waals surface area contributed by atoms with Gasteiger partial charge in [0.1, 0.15) is 29.0 Å². The zero-order chi connectivity index (χ0) is 26.2. The molecule has 1 atom stereocenters. The summed E-state index contributed by atoms with van der Waals surface area (Å²) in [6.45, 7) is 1.90. The molecule has 1 saturated heterocycles. The maximum absolute atomic E-state index is 15.6. The molecule has 1 aliphatic rings. The van der Waals surface area contributed by atoms with Crippen molar-refractivity contribution in [2.45, 2.75) is 24.4 Å². The first-order chi connectivity index (χ1) is 17.0. The number of hydrogen-bond acceptors (Lipinski definition) is 5. The number of carbonyl (C=O) groups excluding carboxylic acids is 1. The van der Waals surface area contributed by atoms with E-state index in [4.69, 9.17) is 0 Å². The molecular formula is C24H24F4N4O3S. The Balaban J connectivity index is 1.78. The number of alkyl halides is 1. The predicted octanol–water partition coefficient (Wildman–Crippen LogP) is 3.31. The van der Waals surface area contributed by atoms with Gasteiger partial charge in [-0.1, -0.05) is 6.07 Å². The fraction of sp³-hybridized carbons (Fsp3) is 0.333. The van der Waals surface area contributed by atoms with E-state index in [-0.39, 0.29) is 24.2 Å². The predicted molar refractivity (Wildman–Crippen MR) is 126 cm³/mol. The number of benzene rings is 2. The number of amides is 1. The van der Waals surface area contributed by atoms with E-state index in [9.17, 15) is 17.6 Å². The topological polar surface area (TPSA) is 91.4 Å². The quantitative estimate of drug-likeness (QED) is 0.366. The number of aromatic nitrogens is 1. The number of aryl methyl sites for hydroxylation is 1. The summed E-state index contributed by atoms with van der Waals surface area (Å²) >= 11 is 0. The van der Waals surface area contributed by atoms with Crippen molar-refractivity contribution in [3.8, 4) is 11.1 Å². The number of fused-ring (bicyclic) bond motifs is 1. The number of rotatable bonds is 7. The highest BCUT2D eigenvalue weighted by atomic mass is 32.2. The van der Waals surface area contributed by atoms with Crippen LogP contribution in [0, 0.1) is 24.4 Å². The van der Waals surface area contributed by atoms with Crippen molar-refractivity contribution in [2.24, 2.45) is 0 Å². The molecule has 36 heavy (non-hydrogen) atoms. The highest BCUT2D eigenvalue weighted by molar-refractivity contribution is 7.89. The molecule has 0 unspecified atom stereocenters. The van der Waals surface area contributed by atoms with Gasteiger partial charge in [-0.15, -0.1) is 0 Å². The Morgan fingerprint density at radius 1 is 1.14 bits per heavy atom. The van der Waals surface area contributed by atoms with Gasteiger partial charge in [0.25, 0.3) is 5.91 Å². The zero-order valence-corrected chi connectivity index (χ0v) is 20.4. The largest absolute Gasteiger partial charge is 0.349 e. The number of carbonyl (C=O) groups is 1. The van der Waals surface area contributed by atoms with Crippen LogP contribution in [0.3, 0.4) is 0 Å². The first-order valence-corrected chi connectivity index (χ1v) is 12.6. The Hall–Kier alpha value is -3.09. The summed E-state index contributed by atoms with van der Waals surface area (Å²) in [5, 5.41) is 5.83. The maximum Gasteiger partial charge on any atom is 0.269 e.